The number of nitrogens with one attached hydrogen (secondary N) is 1. The molecule has 0 aliphatic carbocycles. The number of carbonyl (C=O) groups excluding carboxylic acids is 1. The molecule has 24 heavy (non-hydrogen) atoms. The Morgan fingerprint density at radius 2 is 2.25 bits per heavy atom. The third kappa shape index (κ3) is 6.44. The number of benzene rings is 1. The molecule has 0 radical (unpaired) electrons. The van der Waals surface area contributed by atoms with E-state index in [9.17, 15) is 4.79 Å². The van der Waals surface area contributed by atoms with Crippen molar-refractivity contribution in [3.8, 4) is 0 Å². The largest absolute Gasteiger partial charge is 0.374 e. The van der Waals surface area contributed by atoms with Crippen LogP contribution in [0.5, 0.6) is 0 Å². The van der Waals surface area contributed by atoms with Crippen LogP contribution in [0.2, 0.25) is 10.0 Å². The van der Waals surface area contributed by atoms with Crippen LogP contribution in [-0.2, 0) is 9.53 Å². The minimum atomic E-state index is -0.171. The molecular formula is C18H24Cl2N2O2. The van der Waals surface area contributed by atoms with Crippen molar-refractivity contribution < 1.29 is 9.53 Å². The van der Waals surface area contributed by atoms with Crippen LogP contribution in [0, 0.1) is 5.92 Å². The van der Waals surface area contributed by atoms with E-state index >= 15 is 0 Å². The molecule has 1 saturated heterocycles. The van der Waals surface area contributed by atoms with Crippen LogP contribution in [-0.4, -0.2) is 49.7 Å². The van der Waals surface area contributed by atoms with Gasteiger partial charge in [-0.1, -0.05) is 37.0 Å². The Labute approximate surface area is 153 Å². The minimum absolute atomic E-state index is 0.0320. The molecule has 0 aromatic heterocycles. The first-order chi connectivity index (χ1) is 11.4. The third-order valence-electron chi connectivity index (χ3n) is 3.72. The van der Waals surface area contributed by atoms with Crippen LogP contribution in [0.15, 0.2) is 24.3 Å². The number of amides is 1. The monoisotopic (exact) mass is 370 g/mol. The SMILES string of the molecule is CC(C)CN1CCOC(CNC(=O)/C=C/c2cc(Cl)ccc2Cl)C1. The normalized spacial score (nSPS) is 19.1. The molecule has 6 heteroatoms. The van der Waals surface area contributed by atoms with Gasteiger partial charge in [-0.15, -0.1) is 0 Å². The molecule has 1 aliphatic heterocycles. The Morgan fingerprint density at radius 3 is 3.00 bits per heavy atom. The van der Waals surface area contributed by atoms with Gasteiger partial charge in [0.05, 0.1) is 12.7 Å². The number of hydrogen-bond acceptors (Lipinski definition) is 3. The highest BCUT2D eigenvalue weighted by molar-refractivity contribution is 6.34. The number of hydrogen-bond donors (Lipinski definition) is 1. The number of rotatable bonds is 6. The van der Waals surface area contributed by atoms with Crippen molar-refractivity contribution in [3.63, 3.8) is 0 Å². The fourth-order valence-electron chi connectivity index (χ4n) is 2.67. The summed E-state index contributed by atoms with van der Waals surface area (Å²) in [6.07, 6.45) is 3.16. The Hall–Kier alpha value is -1.07. The van der Waals surface area contributed by atoms with Gasteiger partial charge in [-0.2, -0.15) is 0 Å². The van der Waals surface area contributed by atoms with E-state index in [1.165, 1.54) is 6.08 Å². The van der Waals surface area contributed by atoms with Crippen molar-refractivity contribution in [3.05, 3.63) is 39.9 Å². The van der Waals surface area contributed by atoms with Crippen LogP contribution >= 0.6 is 23.2 Å². The summed E-state index contributed by atoms with van der Waals surface area (Å²) in [6, 6.07) is 5.15. The van der Waals surface area contributed by atoms with E-state index in [1.807, 2.05) is 0 Å². The first kappa shape index (κ1) is 19.3. The second-order valence-electron chi connectivity index (χ2n) is 6.39. The summed E-state index contributed by atoms with van der Waals surface area (Å²) >= 11 is 12.0. The van der Waals surface area contributed by atoms with E-state index in [1.54, 1.807) is 24.3 Å². The Morgan fingerprint density at radius 1 is 1.46 bits per heavy atom. The molecule has 0 saturated carbocycles. The maximum Gasteiger partial charge on any atom is 0.244 e. The van der Waals surface area contributed by atoms with Gasteiger partial charge in [-0.05, 0) is 35.8 Å². The lowest BCUT2D eigenvalue weighted by Crippen LogP contribution is -2.48. The highest BCUT2D eigenvalue weighted by atomic mass is 35.5. The first-order valence-electron chi connectivity index (χ1n) is 8.19. The molecule has 0 bridgehead atoms. The zero-order valence-corrected chi connectivity index (χ0v) is 15.6. The highest BCUT2D eigenvalue weighted by Gasteiger charge is 2.21. The lowest BCUT2D eigenvalue weighted by molar-refractivity contribution is -0.117. The predicted octanol–water partition coefficient (Wildman–Crippen LogP) is 3.48. The van der Waals surface area contributed by atoms with Crippen LogP contribution in [0.4, 0.5) is 0 Å². The van der Waals surface area contributed by atoms with E-state index in [-0.39, 0.29) is 12.0 Å². The average Bonchev–Trinajstić information content (AvgIpc) is 2.53. The van der Waals surface area contributed by atoms with Gasteiger partial charge in [-0.25, -0.2) is 0 Å². The number of carbonyl (C=O) groups is 1. The fourth-order valence-corrected chi connectivity index (χ4v) is 3.03. The number of nitrogens with zero attached hydrogens (tertiary/aromatic N) is 1. The molecule has 1 heterocycles. The van der Waals surface area contributed by atoms with Gasteiger partial charge in [0.2, 0.25) is 5.91 Å². The number of ether oxygens (including phenoxy) is 1. The molecule has 0 spiro atoms. The van der Waals surface area contributed by atoms with Crippen molar-refractivity contribution in [1.82, 2.24) is 10.2 Å². The van der Waals surface area contributed by atoms with E-state index in [2.05, 4.69) is 24.1 Å². The predicted molar refractivity (Wildman–Crippen MR) is 99.5 cm³/mol. The van der Waals surface area contributed by atoms with Crippen molar-refractivity contribution in [1.29, 1.82) is 0 Å². The van der Waals surface area contributed by atoms with Gasteiger partial charge < -0.3 is 10.1 Å². The van der Waals surface area contributed by atoms with Gasteiger partial charge in [0.15, 0.2) is 0 Å². The topological polar surface area (TPSA) is 41.6 Å². The number of halogens is 2. The molecular weight excluding hydrogens is 347 g/mol. The smallest absolute Gasteiger partial charge is 0.244 e. The van der Waals surface area contributed by atoms with Crippen LogP contribution < -0.4 is 5.32 Å². The summed E-state index contributed by atoms with van der Waals surface area (Å²) in [5.41, 5.74) is 0.719. The Balaban J connectivity index is 1.80. The van der Waals surface area contributed by atoms with E-state index < -0.39 is 0 Å². The summed E-state index contributed by atoms with van der Waals surface area (Å²) in [5.74, 6) is 0.458. The zero-order chi connectivity index (χ0) is 17.5. The summed E-state index contributed by atoms with van der Waals surface area (Å²) in [5, 5.41) is 4.02. The Bertz CT molecular complexity index is 590. The first-order valence-corrected chi connectivity index (χ1v) is 8.94. The molecule has 4 nitrogen and oxygen atoms in total. The molecule has 1 aliphatic rings. The maximum absolute atomic E-state index is 12.0. The van der Waals surface area contributed by atoms with Gasteiger partial charge in [-0.3, -0.25) is 9.69 Å². The van der Waals surface area contributed by atoms with Crippen molar-refractivity contribution in [2.45, 2.75) is 20.0 Å². The molecule has 2 rings (SSSR count). The third-order valence-corrected chi connectivity index (χ3v) is 4.30. The van der Waals surface area contributed by atoms with Crippen LogP contribution in [0.25, 0.3) is 6.08 Å². The van der Waals surface area contributed by atoms with Gasteiger partial charge in [0.25, 0.3) is 0 Å². The average molecular weight is 371 g/mol. The van der Waals surface area contributed by atoms with Crippen molar-refractivity contribution in [2.24, 2.45) is 5.92 Å². The summed E-state index contributed by atoms with van der Waals surface area (Å²) in [6.45, 7) is 8.48. The van der Waals surface area contributed by atoms with Gasteiger partial charge >= 0.3 is 0 Å². The maximum atomic E-state index is 12.0. The van der Waals surface area contributed by atoms with E-state index in [0.717, 1.165) is 25.2 Å². The molecule has 1 fully saturated rings. The molecule has 1 amide bonds. The standard InChI is InChI=1S/C18H24Cl2N2O2/c1-13(2)11-22-7-8-24-16(12-22)10-21-18(23)6-3-14-9-15(19)4-5-17(14)20/h3-6,9,13,16H,7-8,10-12H2,1-2H3,(H,21,23)/b6-3+. The molecule has 1 unspecified atom stereocenters. The van der Waals surface area contributed by atoms with E-state index in [0.29, 0.717) is 29.1 Å². The highest BCUT2D eigenvalue weighted by Crippen LogP contribution is 2.21. The fraction of sp³-hybridized carbons (Fsp3) is 0.500. The zero-order valence-electron chi connectivity index (χ0n) is 14.1. The minimum Gasteiger partial charge on any atom is -0.374 e. The molecule has 1 atom stereocenters. The van der Waals surface area contributed by atoms with Gasteiger partial charge in [0, 0.05) is 42.3 Å². The van der Waals surface area contributed by atoms with Crippen LogP contribution in [0.1, 0.15) is 19.4 Å². The summed E-state index contributed by atoms with van der Waals surface area (Å²) < 4.78 is 5.72. The second-order valence-corrected chi connectivity index (χ2v) is 7.23. The van der Waals surface area contributed by atoms with Crippen molar-refractivity contribution in [2.75, 3.05) is 32.8 Å². The second kappa shape index (κ2) is 9.42. The molecule has 132 valence electrons. The lowest BCUT2D eigenvalue weighted by atomic mass is 10.2. The molecule has 1 N–H and O–H groups in total. The van der Waals surface area contributed by atoms with Crippen molar-refractivity contribution >= 4 is 35.2 Å². The van der Waals surface area contributed by atoms with Gasteiger partial charge in [0.1, 0.15) is 0 Å². The Kier molecular flexibility index (Phi) is 7.56. The number of morpholine rings is 1. The quantitative estimate of drug-likeness (QED) is 0.779. The van der Waals surface area contributed by atoms with E-state index in [4.69, 9.17) is 27.9 Å². The summed E-state index contributed by atoms with van der Waals surface area (Å²) in [4.78, 5) is 14.4. The molecule has 1 aromatic rings. The van der Waals surface area contributed by atoms with Crippen LogP contribution in [0.3, 0.4) is 0 Å². The summed E-state index contributed by atoms with van der Waals surface area (Å²) in [7, 11) is 0. The molecule has 1 aromatic carbocycles. The lowest BCUT2D eigenvalue weighted by Gasteiger charge is -2.33.